The van der Waals surface area contributed by atoms with Gasteiger partial charge < -0.3 is 11.1 Å². The maximum Gasteiger partial charge on any atom is 0.251 e. The highest BCUT2D eigenvalue weighted by Crippen LogP contribution is 2.31. The van der Waals surface area contributed by atoms with E-state index in [0.29, 0.717) is 11.1 Å². The third-order valence-corrected chi connectivity index (χ3v) is 5.29. The van der Waals surface area contributed by atoms with Crippen LogP contribution in [0, 0.1) is 0 Å². The highest BCUT2D eigenvalue weighted by atomic mass is 35.5. The quantitative estimate of drug-likeness (QED) is 0.780. The molecule has 0 radical (unpaired) electrons. The molecule has 0 spiro atoms. The second-order valence-electron chi connectivity index (χ2n) is 6.64. The summed E-state index contributed by atoms with van der Waals surface area (Å²) in [4.78, 5) is 12.5. The Bertz CT molecular complexity index is 896. The van der Waals surface area contributed by atoms with Gasteiger partial charge in [0, 0.05) is 17.5 Å². The van der Waals surface area contributed by atoms with Gasteiger partial charge >= 0.3 is 0 Å². The zero-order valence-electron chi connectivity index (χ0n) is 14.6. The zero-order chi connectivity index (χ0) is 18.0. The number of carbonyl (C=O) groups is 1. The summed E-state index contributed by atoms with van der Waals surface area (Å²) in [5.41, 5.74) is 10.1. The molecule has 0 saturated heterocycles. The minimum absolute atomic E-state index is 0. The average Bonchev–Trinajstić information content (AvgIpc) is 2.54. The number of hydrogen-bond donors (Lipinski definition) is 2. The van der Waals surface area contributed by atoms with Crippen molar-refractivity contribution in [3.05, 3.63) is 64.7 Å². The van der Waals surface area contributed by atoms with Crippen molar-refractivity contribution in [3.8, 4) is 0 Å². The van der Waals surface area contributed by atoms with Crippen molar-refractivity contribution < 1.29 is 13.2 Å². The molecule has 2 aromatic carbocycles. The van der Waals surface area contributed by atoms with Crippen LogP contribution in [0.2, 0.25) is 0 Å². The van der Waals surface area contributed by atoms with E-state index in [2.05, 4.69) is 5.32 Å². The Morgan fingerprint density at radius 3 is 2.54 bits per heavy atom. The molecule has 0 aromatic heterocycles. The zero-order valence-corrected chi connectivity index (χ0v) is 16.2. The van der Waals surface area contributed by atoms with Crippen molar-refractivity contribution in [3.63, 3.8) is 0 Å². The number of nitrogens with one attached hydrogen (secondary N) is 1. The molecule has 140 valence electrons. The van der Waals surface area contributed by atoms with E-state index in [0.717, 1.165) is 30.5 Å². The van der Waals surface area contributed by atoms with Gasteiger partial charge in [-0.1, -0.05) is 18.2 Å². The molecule has 1 amide bonds. The van der Waals surface area contributed by atoms with Gasteiger partial charge in [0.25, 0.3) is 5.91 Å². The number of nitrogens with two attached hydrogens (primary N) is 1. The summed E-state index contributed by atoms with van der Waals surface area (Å²) in [7, 11) is -3.08. The summed E-state index contributed by atoms with van der Waals surface area (Å²) in [5, 5.41) is 3.08. The molecule has 3 rings (SSSR count). The minimum atomic E-state index is -3.08. The summed E-state index contributed by atoms with van der Waals surface area (Å²) in [6, 6.07) is 12.5. The highest BCUT2D eigenvalue weighted by Gasteiger charge is 2.22. The highest BCUT2D eigenvalue weighted by molar-refractivity contribution is 7.89. The van der Waals surface area contributed by atoms with Crippen molar-refractivity contribution in [1.82, 2.24) is 5.32 Å². The number of halogens is 1. The molecular weight excluding hydrogens is 372 g/mol. The number of carbonyl (C=O) groups excluding carboxylic acids is 1. The van der Waals surface area contributed by atoms with Crippen molar-refractivity contribution in [2.45, 2.75) is 31.1 Å². The summed E-state index contributed by atoms with van der Waals surface area (Å²) >= 11 is 0. The molecule has 0 aliphatic heterocycles. The lowest BCUT2D eigenvalue weighted by Gasteiger charge is -2.26. The molecule has 2 aromatic rings. The lowest BCUT2D eigenvalue weighted by molar-refractivity contribution is 0.0932. The van der Waals surface area contributed by atoms with Gasteiger partial charge in [0.2, 0.25) is 0 Å². The molecule has 0 saturated carbocycles. The predicted molar refractivity (Wildman–Crippen MR) is 106 cm³/mol. The molecule has 0 heterocycles. The first-order valence-corrected chi connectivity index (χ1v) is 10.3. The number of anilines is 1. The molecule has 7 heteroatoms. The standard InChI is InChI=1S/C19H22N2O3S.ClH/c1-25(23,24)12-13-5-7-14(8-6-13)19(22)21-18-4-2-3-15-11-16(20)9-10-17(15)18;/h5-11,18H,2-4,12,20H2,1H3,(H,21,22);1H. The molecule has 5 nitrogen and oxygen atoms in total. The smallest absolute Gasteiger partial charge is 0.251 e. The third kappa shape index (κ3) is 4.99. The second kappa shape index (κ2) is 8.10. The molecule has 3 N–H and O–H groups in total. The van der Waals surface area contributed by atoms with Crippen LogP contribution in [0.5, 0.6) is 0 Å². The van der Waals surface area contributed by atoms with Crippen molar-refractivity contribution in [2.24, 2.45) is 0 Å². The van der Waals surface area contributed by atoms with Crippen LogP contribution in [0.4, 0.5) is 5.69 Å². The first-order chi connectivity index (χ1) is 11.8. The van der Waals surface area contributed by atoms with Crippen molar-refractivity contribution in [1.29, 1.82) is 0 Å². The van der Waals surface area contributed by atoms with Gasteiger partial charge in [-0.3, -0.25) is 4.79 Å². The fourth-order valence-corrected chi connectivity index (χ4v) is 4.08. The van der Waals surface area contributed by atoms with E-state index in [-0.39, 0.29) is 30.1 Å². The molecular formula is C19H23ClN2O3S. The number of hydrogen-bond acceptors (Lipinski definition) is 4. The average molecular weight is 395 g/mol. The Labute approximate surface area is 160 Å². The third-order valence-electron chi connectivity index (χ3n) is 4.43. The first kappa shape index (κ1) is 20.3. The van der Waals surface area contributed by atoms with Crippen LogP contribution in [0.25, 0.3) is 0 Å². The van der Waals surface area contributed by atoms with Crippen molar-refractivity contribution >= 4 is 33.8 Å². The van der Waals surface area contributed by atoms with Crippen LogP contribution in [0.15, 0.2) is 42.5 Å². The van der Waals surface area contributed by atoms with Gasteiger partial charge in [0.15, 0.2) is 9.84 Å². The van der Waals surface area contributed by atoms with Gasteiger partial charge in [-0.2, -0.15) is 0 Å². The van der Waals surface area contributed by atoms with E-state index in [1.807, 2.05) is 18.2 Å². The van der Waals surface area contributed by atoms with Crippen LogP contribution < -0.4 is 11.1 Å². The van der Waals surface area contributed by atoms with Crippen LogP contribution in [0.3, 0.4) is 0 Å². The largest absolute Gasteiger partial charge is 0.399 e. The van der Waals surface area contributed by atoms with E-state index >= 15 is 0 Å². The predicted octanol–water partition coefficient (Wildman–Crippen LogP) is 3.04. The first-order valence-electron chi connectivity index (χ1n) is 8.28. The maximum absolute atomic E-state index is 12.5. The summed E-state index contributed by atoms with van der Waals surface area (Å²) < 4.78 is 22.7. The summed E-state index contributed by atoms with van der Waals surface area (Å²) in [5.74, 6) is -0.174. The Hall–Kier alpha value is -2.05. The molecule has 26 heavy (non-hydrogen) atoms. The van der Waals surface area contributed by atoms with E-state index in [1.165, 1.54) is 11.8 Å². The Kier molecular flexibility index (Phi) is 6.31. The topological polar surface area (TPSA) is 89.3 Å². The van der Waals surface area contributed by atoms with Gasteiger partial charge in [0.05, 0.1) is 11.8 Å². The number of rotatable bonds is 4. The second-order valence-corrected chi connectivity index (χ2v) is 8.78. The fraction of sp³-hybridized carbons (Fsp3) is 0.316. The number of fused-ring (bicyclic) bond motifs is 1. The molecule has 0 fully saturated rings. The van der Waals surface area contributed by atoms with Gasteiger partial charge in [-0.15, -0.1) is 12.4 Å². The molecule has 1 aliphatic rings. The van der Waals surface area contributed by atoms with Crippen LogP contribution in [-0.4, -0.2) is 20.6 Å². The van der Waals surface area contributed by atoms with Gasteiger partial charge in [0.1, 0.15) is 0 Å². The van der Waals surface area contributed by atoms with Crippen LogP contribution >= 0.6 is 12.4 Å². The Morgan fingerprint density at radius 1 is 1.19 bits per heavy atom. The molecule has 1 atom stereocenters. The van der Waals surface area contributed by atoms with E-state index in [1.54, 1.807) is 24.3 Å². The van der Waals surface area contributed by atoms with E-state index < -0.39 is 9.84 Å². The van der Waals surface area contributed by atoms with Crippen LogP contribution in [-0.2, 0) is 22.0 Å². The normalized spacial score (nSPS) is 16.3. The lowest BCUT2D eigenvalue weighted by Crippen LogP contribution is -2.31. The van der Waals surface area contributed by atoms with E-state index in [4.69, 9.17) is 5.73 Å². The Morgan fingerprint density at radius 2 is 1.88 bits per heavy atom. The maximum atomic E-state index is 12.5. The lowest BCUT2D eigenvalue weighted by atomic mass is 9.87. The number of amides is 1. The number of benzene rings is 2. The monoisotopic (exact) mass is 394 g/mol. The van der Waals surface area contributed by atoms with E-state index in [9.17, 15) is 13.2 Å². The molecule has 0 bridgehead atoms. The number of nitrogen functional groups attached to an aromatic ring is 1. The Balaban J connectivity index is 0.00000243. The SMILES string of the molecule is CS(=O)(=O)Cc1ccc(C(=O)NC2CCCc3cc(N)ccc32)cc1.Cl. The molecule has 1 unspecified atom stereocenters. The molecule has 1 aliphatic carbocycles. The summed E-state index contributed by atoms with van der Waals surface area (Å²) in [6.07, 6.45) is 4.08. The van der Waals surface area contributed by atoms with Crippen molar-refractivity contribution in [2.75, 3.05) is 12.0 Å². The van der Waals surface area contributed by atoms with Gasteiger partial charge in [-0.05, 0) is 60.2 Å². The van der Waals surface area contributed by atoms with Gasteiger partial charge in [-0.25, -0.2) is 8.42 Å². The number of sulfone groups is 1. The fourth-order valence-electron chi connectivity index (χ4n) is 3.28. The number of aryl methyl sites for hydroxylation is 1. The minimum Gasteiger partial charge on any atom is -0.399 e. The van der Waals surface area contributed by atoms with Crippen LogP contribution in [0.1, 0.15) is 45.9 Å². The summed E-state index contributed by atoms with van der Waals surface area (Å²) in [6.45, 7) is 0.